The molecule has 0 atom stereocenters. The van der Waals surface area contributed by atoms with E-state index < -0.39 is 0 Å². The van der Waals surface area contributed by atoms with Crippen LogP contribution in [0, 0.1) is 5.92 Å². The van der Waals surface area contributed by atoms with Gasteiger partial charge in [-0.1, -0.05) is 25.5 Å². The van der Waals surface area contributed by atoms with Crippen LogP contribution in [0.2, 0.25) is 0 Å². The highest BCUT2D eigenvalue weighted by Crippen LogP contribution is 2.10. The molecule has 0 spiro atoms. The molecule has 16 heavy (non-hydrogen) atoms. The highest BCUT2D eigenvalue weighted by molar-refractivity contribution is 5.77. The Labute approximate surface area is 98.0 Å². The second-order valence-electron chi connectivity index (χ2n) is 4.48. The Morgan fingerprint density at radius 2 is 2.44 bits per heavy atom. The van der Waals surface area contributed by atoms with Crippen molar-refractivity contribution >= 4 is 5.96 Å². The van der Waals surface area contributed by atoms with Gasteiger partial charge in [0.2, 0.25) is 0 Å². The van der Waals surface area contributed by atoms with Crippen LogP contribution >= 0.6 is 0 Å². The molecular formula is C12H23N3O. The van der Waals surface area contributed by atoms with Crippen molar-refractivity contribution in [1.82, 2.24) is 5.32 Å². The molecule has 1 heterocycles. The number of hydrogen-bond acceptors (Lipinski definition) is 2. The third kappa shape index (κ3) is 5.75. The zero-order valence-corrected chi connectivity index (χ0v) is 10.3. The number of ether oxygens (including phenoxy) is 1. The zero-order chi connectivity index (χ0) is 11.8. The minimum Gasteiger partial charge on any atom is -0.377 e. The number of rotatable bonds is 5. The predicted molar refractivity (Wildman–Crippen MR) is 67.5 cm³/mol. The molecule has 0 aromatic heterocycles. The van der Waals surface area contributed by atoms with Crippen LogP contribution in [0.15, 0.2) is 16.6 Å². The summed E-state index contributed by atoms with van der Waals surface area (Å²) in [6, 6.07) is 0. The summed E-state index contributed by atoms with van der Waals surface area (Å²) in [6.45, 7) is 7.51. The van der Waals surface area contributed by atoms with Crippen LogP contribution in [0.1, 0.15) is 26.7 Å². The number of nitrogens with one attached hydrogen (secondary N) is 1. The fourth-order valence-corrected chi connectivity index (χ4v) is 1.48. The van der Waals surface area contributed by atoms with Crippen LogP contribution in [0.4, 0.5) is 0 Å². The predicted octanol–water partition coefficient (Wildman–Crippen LogP) is 1.28. The topological polar surface area (TPSA) is 59.6 Å². The molecule has 1 aliphatic heterocycles. The van der Waals surface area contributed by atoms with E-state index in [4.69, 9.17) is 10.5 Å². The zero-order valence-electron chi connectivity index (χ0n) is 10.3. The van der Waals surface area contributed by atoms with E-state index in [1.807, 2.05) is 0 Å². The summed E-state index contributed by atoms with van der Waals surface area (Å²) < 4.78 is 5.25. The summed E-state index contributed by atoms with van der Waals surface area (Å²) in [4.78, 5) is 4.25. The molecule has 0 aliphatic carbocycles. The lowest BCUT2D eigenvalue weighted by Gasteiger charge is -2.13. The molecule has 0 bridgehead atoms. The summed E-state index contributed by atoms with van der Waals surface area (Å²) in [5, 5.41) is 3.13. The molecule has 4 heteroatoms. The molecule has 0 unspecified atom stereocenters. The largest absolute Gasteiger partial charge is 0.377 e. The molecule has 92 valence electrons. The molecule has 0 aromatic carbocycles. The van der Waals surface area contributed by atoms with Crippen LogP contribution in [0.25, 0.3) is 0 Å². The SMILES string of the molecule is CC(C)CN=C(N)NCCC1=CCOCC1. The minimum atomic E-state index is 0.554. The number of nitrogens with two attached hydrogens (primary N) is 1. The minimum absolute atomic E-state index is 0.554. The third-order valence-electron chi connectivity index (χ3n) is 2.44. The first-order chi connectivity index (χ1) is 7.68. The number of hydrogen-bond donors (Lipinski definition) is 2. The molecule has 0 saturated heterocycles. The molecule has 3 N–H and O–H groups in total. The van der Waals surface area contributed by atoms with E-state index >= 15 is 0 Å². The van der Waals surface area contributed by atoms with E-state index in [1.165, 1.54) is 5.57 Å². The van der Waals surface area contributed by atoms with Crippen LogP contribution in [0.5, 0.6) is 0 Å². The van der Waals surface area contributed by atoms with Gasteiger partial charge < -0.3 is 15.8 Å². The van der Waals surface area contributed by atoms with E-state index in [9.17, 15) is 0 Å². The number of guanidine groups is 1. The Bertz CT molecular complexity index is 259. The summed E-state index contributed by atoms with van der Waals surface area (Å²) in [5.41, 5.74) is 7.19. The maximum atomic E-state index is 5.73. The van der Waals surface area contributed by atoms with Gasteiger partial charge in [0.05, 0.1) is 13.2 Å². The van der Waals surface area contributed by atoms with Crippen molar-refractivity contribution < 1.29 is 4.74 Å². The summed E-state index contributed by atoms with van der Waals surface area (Å²) >= 11 is 0. The number of aliphatic imine (C=N–C) groups is 1. The molecule has 1 rings (SSSR count). The van der Waals surface area contributed by atoms with Gasteiger partial charge in [-0.15, -0.1) is 0 Å². The van der Waals surface area contributed by atoms with Crippen molar-refractivity contribution in [1.29, 1.82) is 0 Å². The van der Waals surface area contributed by atoms with E-state index in [-0.39, 0.29) is 0 Å². The lowest BCUT2D eigenvalue weighted by molar-refractivity contribution is 0.153. The highest BCUT2D eigenvalue weighted by Gasteiger charge is 2.03. The quantitative estimate of drug-likeness (QED) is 0.421. The van der Waals surface area contributed by atoms with E-state index in [1.54, 1.807) is 0 Å². The second-order valence-corrected chi connectivity index (χ2v) is 4.48. The maximum Gasteiger partial charge on any atom is 0.188 e. The van der Waals surface area contributed by atoms with Gasteiger partial charge in [0.25, 0.3) is 0 Å². The van der Waals surface area contributed by atoms with Crippen molar-refractivity contribution in [2.45, 2.75) is 26.7 Å². The first kappa shape index (κ1) is 13.0. The molecule has 1 aliphatic rings. The first-order valence-electron chi connectivity index (χ1n) is 5.98. The Balaban J connectivity index is 2.14. The average Bonchev–Trinajstić information content (AvgIpc) is 2.28. The van der Waals surface area contributed by atoms with Crippen molar-refractivity contribution in [3.8, 4) is 0 Å². The monoisotopic (exact) mass is 225 g/mol. The first-order valence-corrected chi connectivity index (χ1v) is 5.98. The van der Waals surface area contributed by atoms with Crippen LogP contribution in [-0.4, -0.2) is 32.3 Å². The van der Waals surface area contributed by atoms with Crippen LogP contribution in [0.3, 0.4) is 0 Å². The number of nitrogens with zero attached hydrogens (tertiary/aromatic N) is 1. The van der Waals surface area contributed by atoms with Crippen molar-refractivity contribution in [3.63, 3.8) is 0 Å². The third-order valence-corrected chi connectivity index (χ3v) is 2.44. The summed E-state index contributed by atoms with van der Waals surface area (Å²) in [7, 11) is 0. The molecule has 0 amide bonds. The highest BCUT2D eigenvalue weighted by atomic mass is 16.5. The van der Waals surface area contributed by atoms with Gasteiger partial charge in [0.15, 0.2) is 5.96 Å². The van der Waals surface area contributed by atoms with E-state index in [2.05, 4.69) is 30.2 Å². The summed E-state index contributed by atoms with van der Waals surface area (Å²) in [5.74, 6) is 1.11. The van der Waals surface area contributed by atoms with Crippen LogP contribution < -0.4 is 11.1 Å². The lowest BCUT2D eigenvalue weighted by Crippen LogP contribution is -2.33. The smallest absolute Gasteiger partial charge is 0.188 e. The Kier molecular flexibility index (Phi) is 5.93. The van der Waals surface area contributed by atoms with Crippen LogP contribution in [-0.2, 0) is 4.74 Å². The molecule has 4 nitrogen and oxygen atoms in total. The van der Waals surface area contributed by atoms with Crippen molar-refractivity contribution in [3.05, 3.63) is 11.6 Å². The normalized spacial score (nSPS) is 17.4. The molecular weight excluding hydrogens is 202 g/mol. The average molecular weight is 225 g/mol. The maximum absolute atomic E-state index is 5.73. The van der Waals surface area contributed by atoms with Gasteiger partial charge in [-0.25, -0.2) is 0 Å². The Morgan fingerprint density at radius 1 is 1.62 bits per heavy atom. The van der Waals surface area contributed by atoms with Gasteiger partial charge in [0, 0.05) is 13.1 Å². The summed E-state index contributed by atoms with van der Waals surface area (Å²) in [6.07, 6.45) is 4.23. The van der Waals surface area contributed by atoms with Gasteiger partial charge in [-0.2, -0.15) is 0 Å². The fraction of sp³-hybridized carbons (Fsp3) is 0.750. The van der Waals surface area contributed by atoms with Crippen molar-refractivity contribution in [2.24, 2.45) is 16.6 Å². The Morgan fingerprint density at radius 3 is 3.06 bits per heavy atom. The molecule has 0 saturated carbocycles. The Hall–Kier alpha value is -1.03. The van der Waals surface area contributed by atoms with E-state index in [0.29, 0.717) is 11.9 Å². The second kappa shape index (κ2) is 7.28. The van der Waals surface area contributed by atoms with Gasteiger partial charge in [-0.05, 0) is 18.8 Å². The van der Waals surface area contributed by atoms with Gasteiger partial charge >= 0.3 is 0 Å². The van der Waals surface area contributed by atoms with Gasteiger partial charge in [0.1, 0.15) is 0 Å². The fourth-order valence-electron chi connectivity index (χ4n) is 1.48. The van der Waals surface area contributed by atoms with Gasteiger partial charge in [-0.3, -0.25) is 4.99 Å². The standard InChI is InChI=1S/C12H23N3O/c1-10(2)9-15-12(13)14-6-3-11-4-7-16-8-5-11/h4,10H,3,5-9H2,1-2H3,(H3,13,14,15). The molecule has 0 fully saturated rings. The molecule has 0 radical (unpaired) electrons. The molecule has 0 aromatic rings. The van der Waals surface area contributed by atoms with Crippen molar-refractivity contribution in [2.75, 3.05) is 26.3 Å². The van der Waals surface area contributed by atoms with E-state index in [0.717, 1.165) is 39.1 Å². The lowest BCUT2D eigenvalue weighted by atomic mass is 10.1.